The molecule has 1 atom stereocenters. The predicted octanol–water partition coefficient (Wildman–Crippen LogP) is 0.920. The zero-order valence-corrected chi connectivity index (χ0v) is 11.3. The molecule has 5 heteroatoms. The van der Waals surface area contributed by atoms with Crippen molar-refractivity contribution in [3.63, 3.8) is 0 Å². The molecule has 0 spiro atoms. The van der Waals surface area contributed by atoms with Gasteiger partial charge >= 0.3 is 6.09 Å². The van der Waals surface area contributed by atoms with Gasteiger partial charge in [0.15, 0.2) is 0 Å². The van der Waals surface area contributed by atoms with Crippen LogP contribution in [-0.2, 0) is 4.74 Å². The maximum atomic E-state index is 12.0. The molecule has 0 aromatic rings. The molecule has 1 rings (SSSR count). The summed E-state index contributed by atoms with van der Waals surface area (Å²) >= 11 is 0. The van der Waals surface area contributed by atoms with Crippen molar-refractivity contribution in [2.24, 2.45) is 0 Å². The number of likely N-dealkylation sites (N-methyl/N-ethyl adjacent to an activating group) is 1. The number of carbonyl (C=O) groups is 1. The molecular formula is C12H24N2O3. The van der Waals surface area contributed by atoms with Crippen LogP contribution in [0.1, 0.15) is 27.2 Å². The van der Waals surface area contributed by atoms with Crippen LogP contribution in [0.4, 0.5) is 4.79 Å². The van der Waals surface area contributed by atoms with Gasteiger partial charge in [-0.05, 0) is 40.8 Å². The number of hydrogen-bond acceptors (Lipinski definition) is 4. The van der Waals surface area contributed by atoms with E-state index in [2.05, 4.69) is 4.90 Å². The quantitative estimate of drug-likeness (QED) is 0.745. The minimum absolute atomic E-state index is 0.0242. The molecule has 0 saturated carbocycles. The van der Waals surface area contributed by atoms with E-state index in [1.807, 2.05) is 27.8 Å². The van der Waals surface area contributed by atoms with E-state index in [-0.39, 0.29) is 18.7 Å². The fourth-order valence-electron chi connectivity index (χ4n) is 1.96. The third kappa shape index (κ3) is 4.52. The van der Waals surface area contributed by atoms with Gasteiger partial charge in [-0.15, -0.1) is 0 Å². The third-order valence-electron chi connectivity index (χ3n) is 2.74. The lowest BCUT2D eigenvalue weighted by atomic mass is 10.2. The maximum absolute atomic E-state index is 12.0. The van der Waals surface area contributed by atoms with Gasteiger partial charge in [-0.25, -0.2) is 4.79 Å². The Hall–Kier alpha value is -0.810. The SMILES string of the molecule is CN1CCCN(C(=O)OC(C)(C)C)C(CO)C1. The van der Waals surface area contributed by atoms with Crippen LogP contribution in [0.5, 0.6) is 0 Å². The zero-order chi connectivity index (χ0) is 13.1. The van der Waals surface area contributed by atoms with Gasteiger partial charge in [0.2, 0.25) is 0 Å². The Balaban J connectivity index is 2.68. The van der Waals surface area contributed by atoms with Crippen LogP contribution in [0.15, 0.2) is 0 Å². The van der Waals surface area contributed by atoms with E-state index in [4.69, 9.17) is 4.74 Å². The number of ether oxygens (including phenoxy) is 1. The highest BCUT2D eigenvalue weighted by Crippen LogP contribution is 2.15. The number of nitrogens with zero attached hydrogens (tertiary/aromatic N) is 2. The van der Waals surface area contributed by atoms with Crippen molar-refractivity contribution in [3.05, 3.63) is 0 Å². The number of amides is 1. The first kappa shape index (κ1) is 14.3. The fourth-order valence-corrected chi connectivity index (χ4v) is 1.96. The van der Waals surface area contributed by atoms with Crippen molar-refractivity contribution in [2.75, 3.05) is 33.3 Å². The maximum Gasteiger partial charge on any atom is 0.410 e. The monoisotopic (exact) mass is 244 g/mol. The van der Waals surface area contributed by atoms with Crippen LogP contribution in [0.2, 0.25) is 0 Å². The molecule has 1 saturated heterocycles. The summed E-state index contributed by atoms with van der Waals surface area (Å²) in [5.74, 6) is 0. The molecule has 0 aliphatic carbocycles. The molecule has 1 heterocycles. The first-order chi connectivity index (χ1) is 7.83. The molecule has 100 valence electrons. The summed E-state index contributed by atoms with van der Waals surface area (Å²) in [4.78, 5) is 15.8. The zero-order valence-electron chi connectivity index (χ0n) is 11.3. The number of aliphatic hydroxyl groups excluding tert-OH is 1. The molecule has 1 amide bonds. The van der Waals surface area contributed by atoms with Gasteiger partial charge in [-0.1, -0.05) is 0 Å². The average molecular weight is 244 g/mol. The summed E-state index contributed by atoms with van der Waals surface area (Å²) in [5, 5.41) is 9.38. The lowest BCUT2D eigenvalue weighted by molar-refractivity contribution is 0.00983. The van der Waals surface area contributed by atoms with E-state index in [0.717, 1.165) is 13.0 Å². The van der Waals surface area contributed by atoms with Crippen molar-refractivity contribution in [1.29, 1.82) is 0 Å². The van der Waals surface area contributed by atoms with E-state index in [9.17, 15) is 9.90 Å². The molecule has 0 aromatic carbocycles. The van der Waals surface area contributed by atoms with Crippen LogP contribution in [0.25, 0.3) is 0 Å². The van der Waals surface area contributed by atoms with E-state index in [0.29, 0.717) is 13.1 Å². The summed E-state index contributed by atoms with van der Waals surface area (Å²) in [6, 6.07) is -0.169. The Labute approximate surface area is 103 Å². The minimum atomic E-state index is -0.491. The van der Waals surface area contributed by atoms with Crippen LogP contribution < -0.4 is 0 Å². The van der Waals surface area contributed by atoms with Crippen LogP contribution in [0.3, 0.4) is 0 Å². The molecule has 1 N–H and O–H groups in total. The summed E-state index contributed by atoms with van der Waals surface area (Å²) in [7, 11) is 2.00. The van der Waals surface area contributed by atoms with E-state index >= 15 is 0 Å². The number of carbonyl (C=O) groups excluding carboxylic acids is 1. The minimum Gasteiger partial charge on any atom is -0.444 e. The van der Waals surface area contributed by atoms with Gasteiger partial charge in [-0.3, -0.25) is 0 Å². The first-order valence-corrected chi connectivity index (χ1v) is 6.12. The standard InChI is InChI=1S/C12H24N2O3/c1-12(2,3)17-11(16)14-7-5-6-13(4)8-10(14)9-15/h10,15H,5-9H2,1-4H3. The Morgan fingerprint density at radius 3 is 2.59 bits per heavy atom. The Morgan fingerprint density at radius 1 is 1.41 bits per heavy atom. The fraction of sp³-hybridized carbons (Fsp3) is 0.917. The Morgan fingerprint density at radius 2 is 2.06 bits per heavy atom. The number of hydrogen-bond donors (Lipinski definition) is 1. The van der Waals surface area contributed by atoms with Gasteiger partial charge in [0.25, 0.3) is 0 Å². The van der Waals surface area contributed by atoms with Gasteiger partial charge in [0.05, 0.1) is 12.6 Å². The summed E-state index contributed by atoms with van der Waals surface area (Å²) in [5.41, 5.74) is -0.491. The average Bonchev–Trinajstić information content (AvgIpc) is 2.36. The Bertz CT molecular complexity index is 263. The smallest absolute Gasteiger partial charge is 0.410 e. The molecular weight excluding hydrogens is 220 g/mol. The Kier molecular flexibility index (Phi) is 4.77. The van der Waals surface area contributed by atoms with Crippen molar-refractivity contribution in [1.82, 2.24) is 9.80 Å². The van der Waals surface area contributed by atoms with Gasteiger partial charge < -0.3 is 19.6 Å². The highest BCUT2D eigenvalue weighted by molar-refractivity contribution is 5.68. The highest BCUT2D eigenvalue weighted by Gasteiger charge is 2.30. The molecule has 1 aliphatic heterocycles. The molecule has 1 fully saturated rings. The largest absolute Gasteiger partial charge is 0.444 e. The van der Waals surface area contributed by atoms with Crippen molar-refractivity contribution >= 4 is 6.09 Å². The van der Waals surface area contributed by atoms with Gasteiger partial charge in [0, 0.05) is 13.1 Å². The number of rotatable bonds is 1. The molecule has 1 aliphatic rings. The highest BCUT2D eigenvalue weighted by atomic mass is 16.6. The summed E-state index contributed by atoms with van der Waals surface area (Å²) in [6.45, 7) is 7.80. The second kappa shape index (κ2) is 5.69. The van der Waals surface area contributed by atoms with Crippen LogP contribution in [0, 0.1) is 0 Å². The topological polar surface area (TPSA) is 53.0 Å². The van der Waals surface area contributed by atoms with E-state index < -0.39 is 5.60 Å². The molecule has 5 nitrogen and oxygen atoms in total. The summed E-state index contributed by atoms with van der Waals surface area (Å²) < 4.78 is 5.36. The van der Waals surface area contributed by atoms with E-state index in [1.54, 1.807) is 4.90 Å². The van der Waals surface area contributed by atoms with E-state index in [1.165, 1.54) is 0 Å². The summed E-state index contributed by atoms with van der Waals surface area (Å²) in [6.07, 6.45) is 0.582. The van der Waals surface area contributed by atoms with Gasteiger partial charge in [-0.2, -0.15) is 0 Å². The van der Waals surface area contributed by atoms with Crippen LogP contribution in [-0.4, -0.2) is 65.9 Å². The predicted molar refractivity (Wildman–Crippen MR) is 65.9 cm³/mol. The van der Waals surface area contributed by atoms with Crippen molar-refractivity contribution < 1.29 is 14.6 Å². The normalized spacial score (nSPS) is 23.4. The van der Waals surface area contributed by atoms with Crippen LogP contribution >= 0.6 is 0 Å². The van der Waals surface area contributed by atoms with Crippen molar-refractivity contribution in [3.8, 4) is 0 Å². The van der Waals surface area contributed by atoms with Crippen molar-refractivity contribution in [2.45, 2.75) is 38.8 Å². The second-order valence-corrected chi connectivity index (χ2v) is 5.63. The van der Waals surface area contributed by atoms with Gasteiger partial charge in [0.1, 0.15) is 5.60 Å². The third-order valence-corrected chi connectivity index (χ3v) is 2.74. The first-order valence-electron chi connectivity index (χ1n) is 6.12. The molecule has 1 unspecified atom stereocenters. The second-order valence-electron chi connectivity index (χ2n) is 5.63. The molecule has 0 aromatic heterocycles. The number of aliphatic hydroxyl groups is 1. The lowest BCUT2D eigenvalue weighted by Crippen LogP contribution is -2.47. The molecule has 17 heavy (non-hydrogen) atoms. The molecule has 0 radical (unpaired) electrons. The molecule has 0 bridgehead atoms. The lowest BCUT2D eigenvalue weighted by Gasteiger charge is -2.31.